The van der Waals surface area contributed by atoms with Gasteiger partial charge in [0.2, 0.25) is 5.76 Å². The van der Waals surface area contributed by atoms with Gasteiger partial charge in [0.1, 0.15) is 35.6 Å². The zero-order valence-corrected chi connectivity index (χ0v) is 15.7. The van der Waals surface area contributed by atoms with Crippen LogP contribution in [0.1, 0.15) is 42.2 Å². The van der Waals surface area contributed by atoms with Crippen LogP contribution >= 0.6 is 16.3 Å². The lowest BCUT2D eigenvalue weighted by atomic mass is 10.2. The second-order valence-electron chi connectivity index (χ2n) is 4.50. The first kappa shape index (κ1) is 22.7. The Morgan fingerprint density at radius 2 is 1.88 bits per heavy atom. The summed E-state index contributed by atoms with van der Waals surface area (Å²) in [5.74, 6) is -0.313. The molecule has 0 fully saturated rings. The molecular formula is C19H16BrN3O3. The van der Waals surface area contributed by atoms with E-state index < -0.39 is 0 Å². The SMILES string of the molecule is C=Cc1ccccc1.CCCC(=O)OBr.N#Cc1coc(C#N)c1C#N. The summed E-state index contributed by atoms with van der Waals surface area (Å²) in [5.41, 5.74) is 1.28. The van der Waals surface area contributed by atoms with Gasteiger partial charge in [0.25, 0.3) is 0 Å². The molecule has 26 heavy (non-hydrogen) atoms. The van der Waals surface area contributed by atoms with Crippen molar-refractivity contribution in [1.82, 2.24) is 0 Å². The fourth-order valence-electron chi connectivity index (χ4n) is 1.47. The summed E-state index contributed by atoms with van der Waals surface area (Å²) in [7, 11) is 0. The number of furan rings is 1. The molecule has 0 N–H and O–H groups in total. The Kier molecular flexibility index (Phi) is 12.2. The minimum Gasteiger partial charge on any atom is -0.451 e. The van der Waals surface area contributed by atoms with Crippen LogP contribution in [0.15, 0.2) is 47.6 Å². The molecule has 2 rings (SSSR count). The molecule has 1 aromatic carbocycles. The third-order valence-corrected chi connectivity index (χ3v) is 3.06. The summed E-state index contributed by atoms with van der Waals surface area (Å²) >= 11 is 2.57. The first-order valence-electron chi connectivity index (χ1n) is 7.38. The van der Waals surface area contributed by atoms with Crippen molar-refractivity contribution >= 4 is 28.3 Å². The number of nitrogens with zero attached hydrogens (tertiary/aromatic N) is 3. The molecule has 0 bridgehead atoms. The van der Waals surface area contributed by atoms with Crippen LogP contribution in [0.2, 0.25) is 0 Å². The Labute approximate surface area is 161 Å². The van der Waals surface area contributed by atoms with Crippen molar-refractivity contribution in [2.24, 2.45) is 0 Å². The quantitative estimate of drug-likeness (QED) is 0.709. The molecule has 7 heteroatoms. The van der Waals surface area contributed by atoms with Crippen LogP contribution in [0, 0.1) is 34.0 Å². The third kappa shape index (κ3) is 8.49. The van der Waals surface area contributed by atoms with Crippen molar-refractivity contribution in [2.45, 2.75) is 19.8 Å². The summed E-state index contributed by atoms with van der Waals surface area (Å²) in [6, 6.07) is 15.1. The number of hydrogen-bond donors (Lipinski definition) is 0. The lowest BCUT2D eigenvalue weighted by molar-refractivity contribution is -0.132. The maximum absolute atomic E-state index is 10.1. The Hall–Kier alpha value is -3.34. The topological polar surface area (TPSA) is 111 Å². The van der Waals surface area contributed by atoms with Crippen LogP contribution in [-0.2, 0) is 8.62 Å². The number of rotatable bonds is 3. The predicted molar refractivity (Wildman–Crippen MR) is 99.3 cm³/mol. The molecule has 132 valence electrons. The summed E-state index contributed by atoms with van der Waals surface area (Å²) in [6.45, 7) is 5.55. The fourth-order valence-corrected chi connectivity index (χ4v) is 1.63. The van der Waals surface area contributed by atoms with Crippen LogP contribution in [-0.4, -0.2) is 5.97 Å². The van der Waals surface area contributed by atoms with Gasteiger partial charge in [-0.25, -0.2) is 0 Å². The van der Waals surface area contributed by atoms with Crippen molar-refractivity contribution in [3.63, 3.8) is 0 Å². The van der Waals surface area contributed by atoms with E-state index >= 15 is 0 Å². The highest BCUT2D eigenvalue weighted by molar-refractivity contribution is 9.06. The molecular weight excluding hydrogens is 398 g/mol. The van der Waals surface area contributed by atoms with Crippen molar-refractivity contribution < 1.29 is 13.0 Å². The maximum Gasteiger partial charge on any atom is 0.317 e. The summed E-state index contributed by atoms with van der Waals surface area (Å²) in [5, 5.41) is 25.2. The van der Waals surface area contributed by atoms with Crippen molar-refractivity contribution in [2.75, 3.05) is 0 Å². The monoisotopic (exact) mass is 413 g/mol. The van der Waals surface area contributed by atoms with Gasteiger partial charge in [-0.15, -0.1) is 0 Å². The molecule has 1 heterocycles. The normalized spacial score (nSPS) is 8.12. The molecule has 0 aliphatic rings. The smallest absolute Gasteiger partial charge is 0.317 e. The van der Waals surface area contributed by atoms with Gasteiger partial charge in [0.05, 0.1) is 0 Å². The number of nitriles is 3. The summed E-state index contributed by atoms with van der Waals surface area (Å²) < 4.78 is 8.78. The Bertz CT molecular complexity index is 793. The lowest BCUT2D eigenvalue weighted by Gasteiger charge is -1.87. The second kappa shape index (κ2) is 14.0. The van der Waals surface area contributed by atoms with Crippen LogP contribution in [0.3, 0.4) is 0 Å². The van der Waals surface area contributed by atoms with Crippen LogP contribution in [0.5, 0.6) is 0 Å². The average molecular weight is 414 g/mol. The van der Waals surface area contributed by atoms with Crippen molar-refractivity contribution in [3.05, 3.63) is 65.6 Å². The van der Waals surface area contributed by atoms with E-state index in [1.807, 2.05) is 43.3 Å². The van der Waals surface area contributed by atoms with E-state index in [0.29, 0.717) is 6.42 Å². The third-order valence-electron chi connectivity index (χ3n) is 2.70. The molecule has 0 amide bonds. The number of halogens is 1. The minimum absolute atomic E-state index is 0.00926. The molecule has 0 spiro atoms. The van der Waals surface area contributed by atoms with E-state index in [-0.39, 0.29) is 22.9 Å². The van der Waals surface area contributed by atoms with E-state index in [0.717, 1.165) is 12.7 Å². The van der Waals surface area contributed by atoms with Crippen molar-refractivity contribution in [3.8, 4) is 18.2 Å². The molecule has 6 nitrogen and oxygen atoms in total. The summed E-state index contributed by atoms with van der Waals surface area (Å²) in [4.78, 5) is 10.1. The molecule has 0 saturated heterocycles. The molecule has 0 atom stereocenters. The highest BCUT2D eigenvalue weighted by atomic mass is 79.9. The first-order valence-corrected chi connectivity index (χ1v) is 8.03. The van der Waals surface area contributed by atoms with Crippen LogP contribution < -0.4 is 0 Å². The Morgan fingerprint density at radius 1 is 1.23 bits per heavy atom. The maximum atomic E-state index is 10.1. The minimum atomic E-state index is -0.206. The highest BCUT2D eigenvalue weighted by Crippen LogP contribution is 2.13. The van der Waals surface area contributed by atoms with Gasteiger partial charge >= 0.3 is 5.97 Å². The van der Waals surface area contributed by atoms with Gasteiger partial charge in [0, 0.05) is 6.42 Å². The van der Waals surface area contributed by atoms with Gasteiger partial charge in [0.15, 0.2) is 16.3 Å². The van der Waals surface area contributed by atoms with E-state index in [9.17, 15) is 4.79 Å². The highest BCUT2D eigenvalue weighted by Gasteiger charge is 2.11. The number of carbonyl (C=O) groups is 1. The molecule has 0 aliphatic heterocycles. The molecule has 0 radical (unpaired) electrons. The molecule has 0 saturated carbocycles. The summed E-state index contributed by atoms with van der Waals surface area (Å²) in [6.07, 6.45) is 4.26. The first-order chi connectivity index (χ1) is 12.6. The molecule has 0 aliphatic carbocycles. The van der Waals surface area contributed by atoms with E-state index in [2.05, 4.69) is 31.1 Å². The zero-order chi connectivity index (χ0) is 19.8. The van der Waals surface area contributed by atoms with Gasteiger partial charge in [-0.05, 0) is 12.0 Å². The number of hydrogen-bond acceptors (Lipinski definition) is 6. The van der Waals surface area contributed by atoms with Gasteiger partial charge < -0.3 is 8.25 Å². The van der Waals surface area contributed by atoms with Gasteiger partial charge in [-0.3, -0.25) is 4.79 Å². The molecule has 1 aromatic heterocycles. The lowest BCUT2D eigenvalue weighted by Crippen LogP contribution is -1.92. The largest absolute Gasteiger partial charge is 0.451 e. The van der Waals surface area contributed by atoms with Crippen LogP contribution in [0.4, 0.5) is 0 Å². The Morgan fingerprint density at radius 3 is 2.23 bits per heavy atom. The molecule has 2 aromatic rings. The zero-order valence-electron chi connectivity index (χ0n) is 14.1. The van der Waals surface area contributed by atoms with Gasteiger partial charge in [-0.1, -0.05) is 49.9 Å². The second-order valence-corrected chi connectivity index (χ2v) is 4.83. The van der Waals surface area contributed by atoms with Gasteiger partial charge in [-0.2, -0.15) is 15.8 Å². The van der Waals surface area contributed by atoms with E-state index in [1.54, 1.807) is 18.2 Å². The predicted octanol–water partition coefficient (Wildman–Crippen LogP) is 4.86. The fraction of sp³-hybridized carbons (Fsp3) is 0.158. The number of benzene rings is 1. The molecule has 0 unspecified atom stereocenters. The Balaban J connectivity index is 0.000000373. The number of carbonyl (C=O) groups excluding carboxylic acids is 1. The van der Waals surface area contributed by atoms with E-state index in [1.165, 1.54) is 5.56 Å². The van der Waals surface area contributed by atoms with E-state index in [4.69, 9.17) is 15.8 Å². The van der Waals surface area contributed by atoms with Crippen LogP contribution in [0.25, 0.3) is 6.08 Å². The average Bonchev–Trinajstić information content (AvgIpc) is 3.11. The van der Waals surface area contributed by atoms with Crippen molar-refractivity contribution in [1.29, 1.82) is 15.8 Å². The standard InChI is InChI=1S/C8H8.C7HN3O.C4H7BrO2/c1-2-8-6-4-3-5-7-8;8-1-5-4-11-7(3-10)6(5)2-9;1-2-3-4(6)7-5/h2-7H,1H2;4H;2-3H2,1H3.